The molecule has 3 rings (SSSR count). The quantitative estimate of drug-likeness (QED) is 0.859. The molecule has 1 aromatic carbocycles. The van der Waals surface area contributed by atoms with Crippen LogP contribution in [0.15, 0.2) is 41.2 Å². The zero-order chi connectivity index (χ0) is 16.9. The van der Waals surface area contributed by atoms with Crippen LogP contribution in [0.5, 0.6) is 0 Å². The van der Waals surface area contributed by atoms with Crippen molar-refractivity contribution in [1.82, 2.24) is 15.3 Å². The third-order valence-electron chi connectivity index (χ3n) is 3.53. The third kappa shape index (κ3) is 3.84. The Balaban J connectivity index is 1.73. The second-order valence-electron chi connectivity index (χ2n) is 5.29. The number of rotatable bonds is 4. The van der Waals surface area contributed by atoms with E-state index in [2.05, 4.69) is 10.6 Å². The average molecular weight is 333 g/mol. The number of carbonyl (C=O) groups excluding carboxylic acids is 1. The van der Waals surface area contributed by atoms with E-state index >= 15 is 0 Å². The fraction of sp³-hybridized carbons (Fsp3) is 0.312. The van der Waals surface area contributed by atoms with Crippen LogP contribution < -0.4 is 11.0 Å². The smallest absolute Gasteiger partial charge is 0.295 e. The largest absolute Gasteiger partial charge is 0.350 e. The summed E-state index contributed by atoms with van der Waals surface area (Å²) in [4.78, 5) is 29.2. The molecule has 1 N–H and O–H groups in total. The van der Waals surface area contributed by atoms with Gasteiger partial charge < -0.3 is 4.74 Å². The molecule has 126 valence electrons. The van der Waals surface area contributed by atoms with E-state index in [1.807, 2.05) is 0 Å². The summed E-state index contributed by atoms with van der Waals surface area (Å²) in [6, 6.07) is 7.72. The standard InChI is InChI=1S/C16H16FN3O4/c17-11-4-6-12(7-5-11)20-14(21)9-8-13(18-20)16(22)19-24-15-3-1-2-10-23-15/h4-9,15H,1-3,10H2,(H,19,22). The van der Waals surface area contributed by atoms with Gasteiger partial charge in [0.1, 0.15) is 5.82 Å². The van der Waals surface area contributed by atoms with Gasteiger partial charge in [0.25, 0.3) is 11.5 Å². The van der Waals surface area contributed by atoms with Gasteiger partial charge in [0.15, 0.2) is 12.0 Å². The lowest BCUT2D eigenvalue weighted by atomic mass is 10.2. The number of amides is 1. The molecule has 1 amide bonds. The molecule has 1 atom stereocenters. The summed E-state index contributed by atoms with van der Waals surface area (Å²) in [5.74, 6) is -1.03. The molecule has 0 bridgehead atoms. The van der Waals surface area contributed by atoms with E-state index in [4.69, 9.17) is 9.57 Å². The molecule has 2 heterocycles. The number of aromatic nitrogens is 2. The van der Waals surface area contributed by atoms with E-state index in [-0.39, 0.29) is 5.69 Å². The minimum atomic E-state index is -0.597. The van der Waals surface area contributed by atoms with E-state index in [9.17, 15) is 14.0 Å². The number of ether oxygens (including phenoxy) is 1. The first-order valence-corrected chi connectivity index (χ1v) is 7.57. The van der Waals surface area contributed by atoms with Crippen LogP contribution in [0.25, 0.3) is 5.69 Å². The summed E-state index contributed by atoms with van der Waals surface area (Å²) in [6.07, 6.45) is 2.15. The van der Waals surface area contributed by atoms with E-state index in [0.717, 1.165) is 17.5 Å². The highest BCUT2D eigenvalue weighted by atomic mass is 19.1. The van der Waals surface area contributed by atoms with Crippen molar-refractivity contribution in [2.45, 2.75) is 25.6 Å². The van der Waals surface area contributed by atoms with Crippen LogP contribution in [0.2, 0.25) is 0 Å². The van der Waals surface area contributed by atoms with Crippen molar-refractivity contribution in [1.29, 1.82) is 0 Å². The second-order valence-corrected chi connectivity index (χ2v) is 5.29. The van der Waals surface area contributed by atoms with Crippen molar-refractivity contribution in [2.75, 3.05) is 6.61 Å². The molecule has 2 aromatic rings. The SMILES string of the molecule is O=C(NOC1CCCCO1)c1ccc(=O)n(-c2ccc(F)cc2)n1. The molecule has 7 nitrogen and oxygen atoms in total. The van der Waals surface area contributed by atoms with Gasteiger partial charge >= 0.3 is 0 Å². The highest BCUT2D eigenvalue weighted by Gasteiger charge is 2.17. The number of hydroxylamine groups is 1. The minimum absolute atomic E-state index is 0.00488. The average Bonchev–Trinajstić information content (AvgIpc) is 2.62. The monoisotopic (exact) mass is 333 g/mol. The summed E-state index contributed by atoms with van der Waals surface area (Å²) in [5, 5.41) is 3.98. The molecule has 1 fully saturated rings. The lowest BCUT2D eigenvalue weighted by molar-refractivity contribution is -0.186. The van der Waals surface area contributed by atoms with Crippen LogP contribution in [0.4, 0.5) is 4.39 Å². The third-order valence-corrected chi connectivity index (χ3v) is 3.53. The zero-order valence-corrected chi connectivity index (χ0v) is 12.8. The highest BCUT2D eigenvalue weighted by Crippen LogP contribution is 2.12. The van der Waals surface area contributed by atoms with Gasteiger partial charge in [-0.2, -0.15) is 9.78 Å². The van der Waals surface area contributed by atoms with Crippen LogP contribution in [0.3, 0.4) is 0 Å². The Morgan fingerprint density at radius 2 is 2.04 bits per heavy atom. The summed E-state index contributed by atoms with van der Waals surface area (Å²) in [6.45, 7) is 0.592. The lowest BCUT2D eigenvalue weighted by Crippen LogP contribution is -2.34. The van der Waals surface area contributed by atoms with Crippen molar-refractivity contribution in [3.63, 3.8) is 0 Å². The number of nitrogens with one attached hydrogen (secondary N) is 1. The van der Waals surface area contributed by atoms with Crippen LogP contribution in [-0.2, 0) is 9.57 Å². The summed E-state index contributed by atoms with van der Waals surface area (Å²) < 4.78 is 19.3. The maximum Gasteiger partial charge on any atom is 0.295 e. The van der Waals surface area contributed by atoms with Crippen molar-refractivity contribution in [3.05, 3.63) is 58.3 Å². The van der Waals surface area contributed by atoms with Crippen LogP contribution in [0, 0.1) is 5.82 Å². The van der Waals surface area contributed by atoms with Gasteiger partial charge in [0, 0.05) is 19.1 Å². The van der Waals surface area contributed by atoms with Gasteiger partial charge in [-0.25, -0.2) is 14.7 Å². The molecule has 1 aliphatic rings. The molecule has 0 saturated carbocycles. The molecule has 1 saturated heterocycles. The number of hydrogen-bond donors (Lipinski definition) is 1. The Kier molecular flexibility index (Phi) is 4.97. The lowest BCUT2D eigenvalue weighted by Gasteiger charge is -2.21. The molecule has 8 heteroatoms. The Bertz CT molecular complexity index is 770. The number of nitrogens with zero attached hydrogens (tertiary/aromatic N) is 2. The number of carbonyl (C=O) groups is 1. The first-order chi connectivity index (χ1) is 11.6. The molecule has 0 radical (unpaired) electrons. The fourth-order valence-corrected chi connectivity index (χ4v) is 2.28. The number of benzene rings is 1. The maximum atomic E-state index is 13.0. The Morgan fingerprint density at radius 3 is 2.75 bits per heavy atom. The van der Waals surface area contributed by atoms with Gasteiger partial charge in [0.05, 0.1) is 5.69 Å². The predicted octanol–water partition coefficient (Wildman–Crippen LogP) is 1.56. The maximum absolute atomic E-state index is 13.0. The fourth-order valence-electron chi connectivity index (χ4n) is 2.28. The molecule has 24 heavy (non-hydrogen) atoms. The van der Waals surface area contributed by atoms with E-state index in [1.165, 1.54) is 36.4 Å². The number of halogens is 1. The molecule has 1 aromatic heterocycles. The Labute approximate surface area is 137 Å². The van der Waals surface area contributed by atoms with Crippen LogP contribution >= 0.6 is 0 Å². The first-order valence-electron chi connectivity index (χ1n) is 7.57. The van der Waals surface area contributed by atoms with Gasteiger partial charge in [-0.15, -0.1) is 0 Å². The molecular formula is C16H16FN3O4. The Morgan fingerprint density at radius 1 is 1.25 bits per heavy atom. The zero-order valence-electron chi connectivity index (χ0n) is 12.8. The van der Waals surface area contributed by atoms with Crippen molar-refractivity contribution in [2.24, 2.45) is 0 Å². The molecule has 1 unspecified atom stereocenters. The highest BCUT2D eigenvalue weighted by molar-refractivity contribution is 5.91. The first kappa shape index (κ1) is 16.3. The van der Waals surface area contributed by atoms with Crippen molar-refractivity contribution in [3.8, 4) is 5.69 Å². The number of hydrogen-bond acceptors (Lipinski definition) is 5. The molecule has 0 spiro atoms. The van der Waals surface area contributed by atoms with Gasteiger partial charge in [-0.3, -0.25) is 9.59 Å². The summed E-state index contributed by atoms with van der Waals surface area (Å²) in [5.41, 5.74) is 2.19. The summed E-state index contributed by atoms with van der Waals surface area (Å²) >= 11 is 0. The molecule has 0 aliphatic carbocycles. The second kappa shape index (κ2) is 7.33. The van der Waals surface area contributed by atoms with E-state index in [0.29, 0.717) is 18.7 Å². The van der Waals surface area contributed by atoms with Crippen LogP contribution in [0.1, 0.15) is 29.8 Å². The van der Waals surface area contributed by atoms with Gasteiger partial charge in [-0.05, 0) is 43.2 Å². The predicted molar refractivity (Wildman–Crippen MR) is 81.9 cm³/mol. The van der Waals surface area contributed by atoms with Crippen molar-refractivity contribution >= 4 is 5.91 Å². The minimum Gasteiger partial charge on any atom is -0.350 e. The molecular weight excluding hydrogens is 317 g/mol. The van der Waals surface area contributed by atoms with Gasteiger partial charge in [-0.1, -0.05) is 0 Å². The topological polar surface area (TPSA) is 82.5 Å². The van der Waals surface area contributed by atoms with E-state index in [1.54, 1.807) is 0 Å². The van der Waals surface area contributed by atoms with Gasteiger partial charge in [0.2, 0.25) is 0 Å². The van der Waals surface area contributed by atoms with Crippen LogP contribution in [-0.4, -0.2) is 28.6 Å². The molecule has 1 aliphatic heterocycles. The summed E-state index contributed by atoms with van der Waals surface area (Å²) in [7, 11) is 0. The van der Waals surface area contributed by atoms with E-state index < -0.39 is 23.6 Å². The Hall–Kier alpha value is -2.58. The van der Waals surface area contributed by atoms with Crippen molar-refractivity contribution < 1.29 is 18.8 Å². The normalized spacial score (nSPS) is 17.5.